The highest BCUT2D eigenvalue weighted by atomic mass is 16.5. The molecule has 0 aliphatic carbocycles. The summed E-state index contributed by atoms with van der Waals surface area (Å²) in [6.45, 7) is 4.44. The van der Waals surface area contributed by atoms with E-state index in [2.05, 4.69) is 16.9 Å². The topological polar surface area (TPSA) is 39.1 Å². The number of rotatable bonds is 5. The van der Waals surface area contributed by atoms with Crippen LogP contribution < -0.4 is 10.1 Å². The first kappa shape index (κ1) is 11.3. The molecule has 1 heterocycles. The summed E-state index contributed by atoms with van der Waals surface area (Å²) in [5, 5.41) is 3.24. The number of imidazole rings is 1. The molecule has 0 aliphatic heterocycles. The maximum atomic E-state index is 5.17. The number of hydrogen-bond acceptors (Lipinski definition) is 3. The number of methoxy groups -OCH3 is 1. The van der Waals surface area contributed by atoms with Gasteiger partial charge in [0.2, 0.25) is 5.95 Å². The smallest absolute Gasteiger partial charge is 0.207 e. The van der Waals surface area contributed by atoms with Crippen LogP contribution in [-0.2, 0) is 6.54 Å². The highest BCUT2D eigenvalue weighted by Crippen LogP contribution is 2.20. The SMILES string of the molecule is C=CCn1ccnc1Nc1cccc(OC)c1. The van der Waals surface area contributed by atoms with Crippen molar-refractivity contribution in [3.63, 3.8) is 0 Å². The fraction of sp³-hybridized carbons (Fsp3) is 0.154. The third-order valence-corrected chi connectivity index (χ3v) is 2.37. The zero-order chi connectivity index (χ0) is 12.1. The zero-order valence-corrected chi connectivity index (χ0v) is 9.76. The molecule has 0 unspecified atom stereocenters. The average Bonchev–Trinajstić information content (AvgIpc) is 2.78. The summed E-state index contributed by atoms with van der Waals surface area (Å²) < 4.78 is 7.15. The van der Waals surface area contributed by atoms with Crippen molar-refractivity contribution >= 4 is 11.6 Å². The monoisotopic (exact) mass is 229 g/mol. The van der Waals surface area contributed by atoms with E-state index in [1.165, 1.54) is 0 Å². The molecule has 4 nitrogen and oxygen atoms in total. The van der Waals surface area contributed by atoms with E-state index in [4.69, 9.17) is 4.74 Å². The number of allylic oxidation sites excluding steroid dienone is 1. The van der Waals surface area contributed by atoms with Gasteiger partial charge in [-0.2, -0.15) is 0 Å². The van der Waals surface area contributed by atoms with Crippen molar-refractivity contribution in [2.75, 3.05) is 12.4 Å². The van der Waals surface area contributed by atoms with Crippen LogP contribution in [0.3, 0.4) is 0 Å². The third kappa shape index (κ3) is 2.66. The van der Waals surface area contributed by atoms with Crippen molar-refractivity contribution in [1.82, 2.24) is 9.55 Å². The first-order valence-corrected chi connectivity index (χ1v) is 5.36. The minimum absolute atomic E-state index is 0.728. The van der Waals surface area contributed by atoms with Crippen LogP contribution in [0.25, 0.3) is 0 Å². The predicted molar refractivity (Wildman–Crippen MR) is 68.7 cm³/mol. The molecule has 2 aromatic rings. The zero-order valence-electron chi connectivity index (χ0n) is 9.76. The van der Waals surface area contributed by atoms with E-state index in [-0.39, 0.29) is 0 Å². The van der Waals surface area contributed by atoms with Crippen LogP contribution in [0.1, 0.15) is 0 Å². The Labute approximate surface area is 101 Å². The Morgan fingerprint density at radius 3 is 3.18 bits per heavy atom. The molecule has 1 N–H and O–H groups in total. The predicted octanol–water partition coefficient (Wildman–Crippen LogP) is 2.82. The summed E-state index contributed by atoms with van der Waals surface area (Å²) in [6, 6.07) is 7.73. The van der Waals surface area contributed by atoms with E-state index in [9.17, 15) is 0 Å². The Morgan fingerprint density at radius 1 is 1.53 bits per heavy atom. The molecule has 0 amide bonds. The van der Waals surface area contributed by atoms with Crippen molar-refractivity contribution in [3.05, 3.63) is 49.3 Å². The van der Waals surface area contributed by atoms with Crippen LogP contribution in [0.2, 0.25) is 0 Å². The second kappa shape index (κ2) is 5.21. The summed E-state index contributed by atoms with van der Waals surface area (Å²) in [7, 11) is 1.65. The van der Waals surface area contributed by atoms with Crippen molar-refractivity contribution in [1.29, 1.82) is 0 Å². The van der Waals surface area contributed by atoms with Crippen LogP contribution in [0, 0.1) is 0 Å². The van der Waals surface area contributed by atoms with Crippen molar-refractivity contribution < 1.29 is 4.74 Å². The quantitative estimate of drug-likeness (QED) is 0.801. The standard InChI is InChI=1S/C13H15N3O/c1-3-8-16-9-7-14-13(16)15-11-5-4-6-12(10-11)17-2/h3-7,9-10H,1,8H2,2H3,(H,14,15). The molecule has 0 aliphatic rings. The first-order chi connectivity index (χ1) is 8.33. The number of benzene rings is 1. The second-order valence-electron chi connectivity index (χ2n) is 3.55. The highest BCUT2D eigenvalue weighted by Gasteiger charge is 2.02. The van der Waals surface area contributed by atoms with E-state index in [1.54, 1.807) is 13.3 Å². The molecule has 4 heteroatoms. The molecule has 0 saturated carbocycles. The number of anilines is 2. The first-order valence-electron chi connectivity index (χ1n) is 5.36. The van der Waals surface area contributed by atoms with Gasteiger partial charge in [-0.05, 0) is 12.1 Å². The lowest BCUT2D eigenvalue weighted by atomic mass is 10.3. The molecule has 1 aromatic heterocycles. The summed E-state index contributed by atoms with van der Waals surface area (Å²) in [6.07, 6.45) is 5.49. The number of nitrogens with zero attached hydrogens (tertiary/aromatic N) is 2. The third-order valence-electron chi connectivity index (χ3n) is 2.37. The van der Waals surface area contributed by atoms with Crippen LogP contribution >= 0.6 is 0 Å². The van der Waals surface area contributed by atoms with Gasteiger partial charge in [0.05, 0.1) is 7.11 Å². The lowest BCUT2D eigenvalue weighted by Crippen LogP contribution is -2.01. The molecule has 0 spiro atoms. The van der Waals surface area contributed by atoms with Gasteiger partial charge in [-0.15, -0.1) is 6.58 Å². The maximum Gasteiger partial charge on any atom is 0.207 e. The molecule has 2 rings (SSSR count). The van der Waals surface area contributed by atoms with E-state index in [0.717, 1.165) is 23.9 Å². The molecule has 0 bridgehead atoms. The molecule has 0 radical (unpaired) electrons. The Hall–Kier alpha value is -2.23. The second-order valence-corrected chi connectivity index (χ2v) is 3.55. The summed E-state index contributed by atoms with van der Waals surface area (Å²) in [5.41, 5.74) is 0.945. The van der Waals surface area contributed by atoms with Crippen molar-refractivity contribution in [2.45, 2.75) is 6.54 Å². The van der Waals surface area contributed by atoms with Crippen LogP contribution in [-0.4, -0.2) is 16.7 Å². The van der Waals surface area contributed by atoms with E-state index < -0.39 is 0 Å². The van der Waals surface area contributed by atoms with Gasteiger partial charge in [0, 0.05) is 30.7 Å². The fourth-order valence-electron chi connectivity index (χ4n) is 1.55. The molecule has 0 fully saturated rings. The van der Waals surface area contributed by atoms with Gasteiger partial charge in [-0.3, -0.25) is 0 Å². The molecular weight excluding hydrogens is 214 g/mol. The van der Waals surface area contributed by atoms with E-state index >= 15 is 0 Å². The van der Waals surface area contributed by atoms with Gasteiger partial charge in [0.15, 0.2) is 0 Å². The van der Waals surface area contributed by atoms with Crippen molar-refractivity contribution in [3.8, 4) is 5.75 Å². The molecular formula is C13H15N3O. The van der Waals surface area contributed by atoms with Gasteiger partial charge >= 0.3 is 0 Å². The summed E-state index contributed by atoms with van der Waals surface area (Å²) >= 11 is 0. The minimum atomic E-state index is 0.728. The maximum absolute atomic E-state index is 5.17. The number of ether oxygens (including phenoxy) is 1. The fourth-order valence-corrected chi connectivity index (χ4v) is 1.55. The van der Waals surface area contributed by atoms with E-state index in [1.807, 2.05) is 41.1 Å². The van der Waals surface area contributed by atoms with Gasteiger partial charge < -0.3 is 14.6 Å². The highest BCUT2D eigenvalue weighted by molar-refractivity contribution is 5.56. The molecule has 1 aromatic carbocycles. The Morgan fingerprint density at radius 2 is 2.41 bits per heavy atom. The number of aromatic nitrogens is 2. The van der Waals surface area contributed by atoms with Gasteiger partial charge in [0.1, 0.15) is 5.75 Å². The van der Waals surface area contributed by atoms with Crippen LogP contribution in [0.5, 0.6) is 5.75 Å². The number of hydrogen-bond donors (Lipinski definition) is 1. The van der Waals surface area contributed by atoms with Crippen molar-refractivity contribution in [2.24, 2.45) is 0 Å². The van der Waals surface area contributed by atoms with Crippen LogP contribution in [0.15, 0.2) is 49.3 Å². The normalized spacial score (nSPS) is 9.94. The Kier molecular flexibility index (Phi) is 3.45. The molecule has 0 atom stereocenters. The lowest BCUT2D eigenvalue weighted by molar-refractivity contribution is 0.415. The number of nitrogens with one attached hydrogen (secondary N) is 1. The average molecular weight is 229 g/mol. The molecule has 0 saturated heterocycles. The van der Waals surface area contributed by atoms with Crippen LogP contribution in [0.4, 0.5) is 11.6 Å². The van der Waals surface area contributed by atoms with Gasteiger partial charge in [-0.25, -0.2) is 4.98 Å². The van der Waals surface area contributed by atoms with E-state index in [0.29, 0.717) is 0 Å². The lowest BCUT2D eigenvalue weighted by Gasteiger charge is -2.09. The minimum Gasteiger partial charge on any atom is -0.497 e. The largest absolute Gasteiger partial charge is 0.497 e. The Bertz CT molecular complexity index is 505. The van der Waals surface area contributed by atoms with Gasteiger partial charge in [0.25, 0.3) is 0 Å². The molecule has 17 heavy (non-hydrogen) atoms. The Balaban J connectivity index is 2.18. The molecule has 88 valence electrons. The summed E-state index contributed by atoms with van der Waals surface area (Å²) in [4.78, 5) is 4.25. The van der Waals surface area contributed by atoms with Gasteiger partial charge in [-0.1, -0.05) is 12.1 Å². The summed E-state index contributed by atoms with van der Waals surface area (Å²) in [5.74, 6) is 1.61.